The molecule has 0 unspecified atom stereocenters. The molecule has 7 heteroatoms. The van der Waals surface area contributed by atoms with Gasteiger partial charge in [0, 0.05) is 13.1 Å². The second-order valence-electron chi connectivity index (χ2n) is 5.43. The summed E-state index contributed by atoms with van der Waals surface area (Å²) in [7, 11) is 3.58. The number of esters is 1. The van der Waals surface area contributed by atoms with Gasteiger partial charge in [-0.1, -0.05) is 24.3 Å². The number of nitrogens with zero attached hydrogens (tertiary/aromatic N) is 1. The molecular weight excluding hydrogens is 301 g/mol. The number of hydrogen-bond donors (Lipinski definition) is 0. The second-order valence-corrected chi connectivity index (χ2v) is 7.37. The molecule has 1 saturated heterocycles. The first kappa shape index (κ1) is 16.8. The van der Waals surface area contributed by atoms with Gasteiger partial charge in [0.2, 0.25) is 10.0 Å². The normalized spacial score (nSPS) is 23.3. The fourth-order valence-electron chi connectivity index (χ4n) is 2.54. The summed E-state index contributed by atoms with van der Waals surface area (Å²) < 4.78 is 31.3. The molecule has 0 aliphatic carbocycles. The van der Waals surface area contributed by atoms with Gasteiger partial charge in [0.1, 0.15) is 0 Å². The van der Waals surface area contributed by atoms with Gasteiger partial charge in [-0.15, -0.1) is 0 Å². The highest BCUT2D eigenvalue weighted by Crippen LogP contribution is 2.33. The minimum absolute atomic E-state index is 0.0506. The van der Waals surface area contributed by atoms with Crippen LogP contribution in [-0.2, 0) is 19.6 Å². The summed E-state index contributed by atoms with van der Waals surface area (Å²) >= 11 is 0. The van der Waals surface area contributed by atoms with Crippen molar-refractivity contribution in [2.24, 2.45) is 5.92 Å². The van der Waals surface area contributed by atoms with Crippen LogP contribution in [0.15, 0.2) is 41.3 Å². The van der Waals surface area contributed by atoms with E-state index < -0.39 is 27.7 Å². The summed E-state index contributed by atoms with van der Waals surface area (Å²) in [5.74, 6) is -1.83. The van der Waals surface area contributed by atoms with Gasteiger partial charge in [-0.05, 0) is 30.4 Å². The minimum atomic E-state index is -3.66. The molecule has 2 rings (SSSR count). The number of methoxy groups -OCH3 is 1. The zero-order valence-electron chi connectivity index (χ0n) is 12.7. The van der Waals surface area contributed by atoms with Crippen LogP contribution < -0.4 is 0 Å². The van der Waals surface area contributed by atoms with Crippen molar-refractivity contribution in [3.8, 4) is 0 Å². The molecule has 1 aromatic carbocycles. The van der Waals surface area contributed by atoms with E-state index in [-0.39, 0.29) is 18.0 Å². The molecule has 0 aromatic heterocycles. The Balaban J connectivity index is 2.26. The zero-order chi connectivity index (χ0) is 16.5. The smallest absolute Gasteiger partial charge is 0.312 e. The van der Waals surface area contributed by atoms with Crippen LogP contribution in [0.5, 0.6) is 0 Å². The molecule has 1 fully saturated rings. The number of sulfonamides is 1. The van der Waals surface area contributed by atoms with E-state index in [0.717, 1.165) is 5.56 Å². The fraction of sp³-hybridized carbons (Fsp3) is 0.400. The lowest BCUT2D eigenvalue weighted by atomic mass is 9.71. The van der Waals surface area contributed by atoms with Crippen LogP contribution in [-0.4, -0.2) is 46.7 Å². The van der Waals surface area contributed by atoms with Crippen molar-refractivity contribution in [1.29, 1.82) is 0 Å². The number of hydrogen-bond acceptors (Lipinski definition) is 4. The molecule has 1 aromatic rings. The lowest BCUT2D eigenvalue weighted by molar-refractivity contribution is -0.144. The largest absolute Gasteiger partial charge is 0.469 e. The monoisotopic (exact) mass is 319 g/mol. The topological polar surface area (TPSA) is 63.7 Å². The Labute approximate surface area is 132 Å². The lowest BCUT2D eigenvalue weighted by Gasteiger charge is -2.36. The maximum absolute atomic E-state index is 12.6. The summed E-state index contributed by atoms with van der Waals surface area (Å²) in [5.41, 5.74) is 1.42. The van der Waals surface area contributed by atoms with Crippen LogP contribution in [0, 0.1) is 12.8 Å². The number of piperidine rings is 1. The first-order valence-electron chi connectivity index (χ1n) is 6.85. The molecule has 1 aliphatic heterocycles. The molecule has 2 atom stereocenters. The molecule has 0 bridgehead atoms. The summed E-state index contributed by atoms with van der Waals surface area (Å²) in [6.45, 7) is 5.79. The number of rotatable bonds is 3. The number of ether oxygens (including phenoxy) is 1. The number of benzene rings is 1. The molecule has 1 heterocycles. The molecular formula is C15H18BNO4S. The van der Waals surface area contributed by atoms with Crippen molar-refractivity contribution < 1.29 is 17.9 Å². The van der Waals surface area contributed by atoms with Crippen LogP contribution in [0.2, 0.25) is 5.82 Å². The molecule has 5 nitrogen and oxygen atoms in total. The van der Waals surface area contributed by atoms with Gasteiger partial charge in [0.25, 0.3) is 0 Å². The maximum atomic E-state index is 12.6. The van der Waals surface area contributed by atoms with E-state index in [2.05, 4.69) is 6.58 Å². The van der Waals surface area contributed by atoms with Crippen molar-refractivity contribution >= 4 is 23.8 Å². The SMILES string of the molecule is [B][C@H]1CN(S(=O)(=O)c2ccc(C)cc2)CC(=C)[C@@H]1C(=O)OC. The Morgan fingerprint density at radius 3 is 2.45 bits per heavy atom. The van der Waals surface area contributed by atoms with Crippen molar-refractivity contribution in [3.63, 3.8) is 0 Å². The van der Waals surface area contributed by atoms with Crippen molar-refractivity contribution in [3.05, 3.63) is 42.0 Å². The average Bonchev–Trinajstić information content (AvgIpc) is 2.46. The van der Waals surface area contributed by atoms with Gasteiger partial charge in [-0.2, -0.15) is 4.31 Å². The summed E-state index contributed by atoms with van der Waals surface area (Å²) in [6, 6.07) is 6.60. The third kappa shape index (κ3) is 3.10. The average molecular weight is 319 g/mol. The van der Waals surface area contributed by atoms with Gasteiger partial charge >= 0.3 is 5.97 Å². The Kier molecular flexibility index (Phi) is 4.77. The van der Waals surface area contributed by atoms with E-state index in [4.69, 9.17) is 12.6 Å². The van der Waals surface area contributed by atoms with E-state index in [0.29, 0.717) is 5.57 Å². The maximum Gasteiger partial charge on any atom is 0.312 e. The van der Waals surface area contributed by atoms with Crippen molar-refractivity contribution in [2.45, 2.75) is 17.6 Å². The second kappa shape index (κ2) is 6.26. The van der Waals surface area contributed by atoms with Crippen molar-refractivity contribution in [2.75, 3.05) is 20.2 Å². The third-order valence-electron chi connectivity index (χ3n) is 3.78. The molecule has 1 aliphatic rings. The summed E-state index contributed by atoms with van der Waals surface area (Å²) in [5, 5.41) is 0. The Hall–Kier alpha value is -1.60. The Morgan fingerprint density at radius 2 is 1.95 bits per heavy atom. The lowest BCUT2D eigenvalue weighted by Crippen LogP contribution is -2.45. The third-order valence-corrected chi connectivity index (χ3v) is 5.60. The van der Waals surface area contributed by atoms with Crippen molar-refractivity contribution in [1.82, 2.24) is 4.31 Å². The minimum Gasteiger partial charge on any atom is -0.469 e. The Morgan fingerprint density at radius 1 is 1.36 bits per heavy atom. The van der Waals surface area contributed by atoms with Gasteiger partial charge in [-0.3, -0.25) is 4.79 Å². The number of carbonyl (C=O) groups is 1. The highest BCUT2D eigenvalue weighted by Gasteiger charge is 2.39. The fourth-order valence-corrected chi connectivity index (χ4v) is 4.03. The predicted octanol–water partition coefficient (Wildman–Crippen LogP) is 1.30. The first-order chi connectivity index (χ1) is 10.3. The summed E-state index contributed by atoms with van der Waals surface area (Å²) in [6.07, 6.45) is 0. The van der Waals surface area contributed by atoms with E-state index in [1.165, 1.54) is 11.4 Å². The van der Waals surface area contributed by atoms with Gasteiger partial charge in [-0.25, -0.2) is 8.42 Å². The number of aryl methyl sites for hydroxylation is 1. The highest BCUT2D eigenvalue weighted by atomic mass is 32.2. The van der Waals surface area contributed by atoms with Gasteiger partial charge in [0.15, 0.2) is 0 Å². The van der Waals surface area contributed by atoms with E-state index >= 15 is 0 Å². The van der Waals surface area contributed by atoms with Crippen LogP contribution in [0.4, 0.5) is 0 Å². The van der Waals surface area contributed by atoms with E-state index in [9.17, 15) is 13.2 Å². The van der Waals surface area contributed by atoms with Crippen LogP contribution in [0.25, 0.3) is 0 Å². The molecule has 0 saturated carbocycles. The van der Waals surface area contributed by atoms with Gasteiger partial charge in [0.05, 0.1) is 25.8 Å². The molecule has 116 valence electrons. The summed E-state index contributed by atoms with van der Waals surface area (Å²) in [4.78, 5) is 11.9. The van der Waals surface area contributed by atoms with E-state index in [1.54, 1.807) is 24.3 Å². The molecule has 0 N–H and O–H groups in total. The van der Waals surface area contributed by atoms with E-state index in [1.807, 2.05) is 6.92 Å². The standard InChI is InChI=1S/C15H18BNO4S/c1-10-4-6-12(7-5-10)22(19,20)17-8-11(2)14(13(16)9-17)15(18)21-3/h4-7,13-14H,2,8-9H2,1,3H3/t13-,14-/m0/s1. The van der Waals surface area contributed by atoms with Crippen LogP contribution in [0.1, 0.15) is 5.56 Å². The molecule has 0 amide bonds. The van der Waals surface area contributed by atoms with Crippen LogP contribution >= 0.6 is 0 Å². The number of carbonyl (C=O) groups excluding carboxylic acids is 1. The first-order valence-corrected chi connectivity index (χ1v) is 8.29. The molecule has 2 radical (unpaired) electrons. The molecule has 22 heavy (non-hydrogen) atoms. The quantitative estimate of drug-likeness (QED) is 0.479. The van der Waals surface area contributed by atoms with Crippen LogP contribution in [0.3, 0.4) is 0 Å². The Bertz CT molecular complexity index is 684. The zero-order valence-corrected chi connectivity index (χ0v) is 13.5. The highest BCUT2D eigenvalue weighted by molar-refractivity contribution is 7.89. The predicted molar refractivity (Wildman–Crippen MR) is 84.1 cm³/mol. The molecule has 0 spiro atoms. The van der Waals surface area contributed by atoms with Gasteiger partial charge < -0.3 is 4.74 Å².